The van der Waals surface area contributed by atoms with E-state index in [1.807, 2.05) is 0 Å². The molecule has 0 saturated carbocycles. The summed E-state index contributed by atoms with van der Waals surface area (Å²) >= 11 is 0. The predicted octanol–water partition coefficient (Wildman–Crippen LogP) is 1.21. The Morgan fingerprint density at radius 2 is 1.94 bits per heavy atom. The largest absolute Gasteiger partial charge is 0.341 e. The second kappa shape index (κ2) is 4.04. The molecule has 1 N–H and O–H groups in total. The van der Waals surface area contributed by atoms with Gasteiger partial charge in [0.1, 0.15) is 23.7 Å². The van der Waals surface area contributed by atoms with Gasteiger partial charge in [0.05, 0.1) is 5.69 Å². The van der Waals surface area contributed by atoms with Gasteiger partial charge in [0.2, 0.25) is 5.91 Å². The van der Waals surface area contributed by atoms with E-state index in [1.165, 1.54) is 13.8 Å². The lowest BCUT2D eigenvalue weighted by Crippen LogP contribution is -2.64. The third-order valence-corrected chi connectivity index (χ3v) is 2.73. The summed E-state index contributed by atoms with van der Waals surface area (Å²) in [5.74, 6) is -2.42. The monoisotopic (exact) mass is 254 g/mol. The molecular formula is C12H12F2N2O2. The fraction of sp³-hybridized carbons (Fsp3) is 0.333. The van der Waals surface area contributed by atoms with Gasteiger partial charge in [0.25, 0.3) is 5.91 Å². The lowest BCUT2D eigenvalue weighted by molar-refractivity contribution is -0.134. The number of piperazine rings is 1. The summed E-state index contributed by atoms with van der Waals surface area (Å²) in [5, 5.41) is 2.51. The molecule has 2 rings (SSSR count). The molecule has 1 heterocycles. The van der Waals surface area contributed by atoms with Crippen LogP contribution >= 0.6 is 0 Å². The lowest BCUT2D eigenvalue weighted by atomic mass is 10.00. The Morgan fingerprint density at radius 3 is 2.56 bits per heavy atom. The van der Waals surface area contributed by atoms with Gasteiger partial charge < -0.3 is 5.32 Å². The van der Waals surface area contributed by atoms with Crippen molar-refractivity contribution < 1.29 is 18.4 Å². The molecular weight excluding hydrogens is 242 g/mol. The minimum absolute atomic E-state index is 0.0932. The van der Waals surface area contributed by atoms with E-state index in [0.717, 1.165) is 17.0 Å². The molecule has 1 aliphatic heterocycles. The van der Waals surface area contributed by atoms with Gasteiger partial charge in [-0.2, -0.15) is 0 Å². The topological polar surface area (TPSA) is 49.4 Å². The van der Waals surface area contributed by atoms with Crippen LogP contribution in [0.2, 0.25) is 0 Å². The van der Waals surface area contributed by atoms with Crippen molar-refractivity contribution in [2.24, 2.45) is 0 Å². The molecule has 0 atom stereocenters. The fourth-order valence-corrected chi connectivity index (χ4v) is 1.89. The van der Waals surface area contributed by atoms with E-state index in [2.05, 4.69) is 5.32 Å². The number of nitrogens with one attached hydrogen (secondary N) is 1. The summed E-state index contributed by atoms with van der Waals surface area (Å²) in [5.41, 5.74) is -1.19. The molecule has 1 saturated heterocycles. The van der Waals surface area contributed by atoms with Gasteiger partial charge in [-0.3, -0.25) is 14.5 Å². The minimum Gasteiger partial charge on any atom is -0.341 e. The standard InChI is InChI=1S/C12H12F2N2O2/c1-12(2)11(18)16(6-10(17)15-12)9-4-3-7(13)5-8(9)14/h3-5H,6H2,1-2H3,(H,15,17). The number of halogens is 2. The number of nitrogens with zero attached hydrogens (tertiary/aromatic N) is 1. The highest BCUT2D eigenvalue weighted by atomic mass is 19.1. The summed E-state index contributed by atoms with van der Waals surface area (Å²) in [4.78, 5) is 24.6. The Bertz CT molecular complexity index is 529. The maximum absolute atomic E-state index is 13.6. The molecule has 6 heteroatoms. The van der Waals surface area contributed by atoms with Crippen molar-refractivity contribution in [2.45, 2.75) is 19.4 Å². The van der Waals surface area contributed by atoms with E-state index >= 15 is 0 Å². The Hall–Kier alpha value is -1.98. The van der Waals surface area contributed by atoms with E-state index < -0.39 is 23.1 Å². The summed E-state index contributed by atoms with van der Waals surface area (Å²) in [7, 11) is 0. The fourth-order valence-electron chi connectivity index (χ4n) is 1.89. The molecule has 96 valence electrons. The van der Waals surface area contributed by atoms with Gasteiger partial charge >= 0.3 is 0 Å². The van der Waals surface area contributed by atoms with Crippen LogP contribution in [0.1, 0.15) is 13.8 Å². The predicted molar refractivity (Wildman–Crippen MR) is 60.9 cm³/mol. The van der Waals surface area contributed by atoms with Crippen molar-refractivity contribution in [3.8, 4) is 0 Å². The van der Waals surface area contributed by atoms with Crippen LogP contribution in [0.15, 0.2) is 18.2 Å². The van der Waals surface area contributed by atoms with Crippen molar-refractivity contribution in [3.05, 3.63) is 29.8 Å². The third kappa shape index (κ3) is 2.05. The summed E-state index contributed by atoms with van der Waals surface area (Å²) in [6.45, 7) is 2.78. The van der Waals surface area contributed by atoms with Crippen LogP contribution in [0.25, 0.3) is 0 Å². The third-order valence-electron chi connectivity index (χ3n) is 2.73. The zero-order chi connectivity index (χ0) is 13.5. The van der Waals surface area contributed by atoms with Crippen LogP contribution in [0.3, 0.4) is 0 Å². The van der Waals surface area contributed by atoms with Crippen LogP contribution in [-0.2, 0) is 9.59 Å². The number of benzene rings is 1. The Labute approximate surface area is 103 Å². The molecule has 0 bridgehead atoms. The second-order valence-corrected chi connectivity index (χ2v) is 4.66. The molecule has 0 spiro atoms. The number of rotatable bonds is 1. The first-order valence-electron chi connectivity index (χ1n) is 5.39. The molecule has 18 heavy (non-hydrogen) atoms. The van der Waals surface area contributed by atoms with Crippen LogP contribution < -0.4 is 10.2 Å². The Balaban J connectivity index is 2.43. The lowest BCUT2D eigenvalue weighted by Gasteiger charge is -2.37. The molecule has 0 unspecified atom stereocenters. The van der Waals surface area contributed by atoms with E-state index in [9.17, 15) is 18.4 Å². The Kier molecular flexibility index (Phi) is 2.80. The van der Waals surface area contributed by atoms with Crippen molar-refractivity contribution in [1.82, 2.24) is 5.32 Å². The number of amides is 2. The molecule has 1 aromatic rings. The van der Waals surface area contributed by atoms with Gasteiger partial charge in [0, 0.05) is 6.07 Å². The maximum atomic E-state index is 13.6. The van der Waals surface area contributed by atoms with Crippen LogP contribution in [0, 0.1) is 11.6 Å². The number of anilines is 1. The van der Waals surface area contributed by atoms with Gasteiger partial charge in [0.15, 0.2) is 0 Å². The van der Waals surface area contributed by atoms with Crippen LogP contribution in [-0.4, -0.2) is 23.9 Å². The van der Waals surface area contributed by atoms with E-state index in [1.54, 1.807) is 0 Å². The molecule has 1 aliphatic rings. The smallest absolute Gasteiger partial charge is 0.252 e. The van der Waals surface area contributed by atoms with Crippen molar-refractivity contribution in [3.63, 3.8) is 0 Å². The van der Waals surface area contributed by atoms with Crippen LogP contribution in [0.5, 0.6) is 0 Å². The average Bonchev–Trinajstić information content (AvgIpc) is 2.23. The summed E-state index contributed by atoms with van der Waals surface area (Å²) in [6.07, 6.45) is 0. The maximum Gasteiger partial charge on any atom is 0.252 e. The van der Waals surface area contributed by atoms with Crippen LogP contribution in [0.4, 0.5) is 14.5 Å². The number of hydrogen-bond acceptors (Lipinski definition) is 2. The Morgan fingerprint density at radius 1 is 1.28 bits per heavy atom. The van der Waals surface area contributed by atoms with Gasteiger partial charge in [-0.25, -0.2) is 8.78 Å². The van der Waals surface area contributed by atoms with E-state index in [-0.39, 0.29) is 18.1 Å². The van der Waals surface area contributed by atoms with Gasteiger partial charge in [-0.15, -0.1) is 0 Å². The molecule has 1 aromatic carbocycles. The van der Waals surface area contributed by atoms with Gasteiger partial charge in [-0.05, 0) is 26.0 Å². The highest BCUT2D eigenvalue weighted by Gasteiger charge is 2.40. The molecule has 4 nitrogen and oxygen atoms in total. The minimum atomic E-state index is -1.10. The summed E-state index contributed by atoms with van der Waals surface area (Å²) in [6, 6.07) is 2.88. The number of carbonyl (C=O) groups excluding carboxylic acids is 2. The zero-order valence-electron chi connectivity index (χ0n) is 9.96. The van der Waals surface area contributed by atoms with Crippen molar-refractivity contribution in [2.75, 3.05) is 11.4 Å². The second-order valence-electron chi connectivity index (χ2n) is 4.66. The van der Waals surface area contributed by atoms with Crippen molar-refractivity contribution in [1.29, 1.82) is 0 Å². The molecule has 0 radical (unpaired) electrons. The average molecular weight is 254 g/mol. The quantitative estimate of drug-likeness (QED) is 0.818. The first-order valence-corrected chi connectivity index (χ1v) is 5.39. The first-order chi connectivity index (χ1) is 8.31. The number of carbonyl (C=O) groups is 2. The number of hydrogen-bond donors (Lipinski definition) is 1. The molecule has 2 amide bonds. The highest BCUT2D eigenvalue weighted by molar-refractivity contribution is 6.08. The summed E-state index contributed by atoms with van der Waals surface area (Å²) < 4.78 is 26.4. The molecule has 0 aliphatic carbocycles. The molecule has 1 fully saturated rings. The SMILES string of the molecule is CC1(C)NC(=O)CN(c2ccc(F)cc2F)C1=O. The first kappa shape index (κ1) is 12.5. The highest BCUT2D eigenvalue weighted by Crippen LogP contribution is 2.25. The normalized spacial score (nSPS) is 18.8. The van der Waals surface area contributed by atoms with E-state index in [4.69, 9.17) is 0 Å². The van der Waals surface area contributed by atoms with Gasteiger partial charge in [-0.1, -0.05) is 0 Å². The van der Waals surface area contributed by atoms with Crippen molar-refractivity contribution >= 4 is 17.5 Å². The zero-order valence-corrected chi connectivity index (χ0v) is 9.96. The van der Waals surface area contributed by atoms with E-state index in [0.29, 0.717) is 6.07 Å². The molecule has 0 aromatic heterocycles.